The number of hydrogen-bond donors (Lipinski definition) is 1. The van der Waals surface area contributed by atoms with Crippen molar-refractivity contribution in [1.82, 2.24) is 4.90 Å². The van der Waals surface area contributed by atoms with Crippen molar-refractivity contribution in [3.63, 3.8) is 0 Å². The summed E-state index contributed by atoms with van der Waals surface area (Å²) in [7, 11) is 2.15. The minimum atomic E-state index is 0.708. The zero-order valence-corrected chi connectivity index (χ0v) is 10.7. The van der Waals surface area contributed by atoms with E-state index in [-0.39, 0.29) is 0 Å². The zero-order valence-electron chi connectivity index (χ0n) is 9.91. The molecule has 1 aromatic carbocycles. The second-order valence-electron chi connectivity index (χ2n) is 5.01. The third-order valence-electron chi connectivity index (χ3n) is 3.37. The number of nitrogen functional groups attached to an aromatic ring is 1. The molecule has 0 aliphatic heterocycles. The lowest BCUT2D eigenvalue weighted by atomic mass is 10.1. The van der Waals surface area contributed by atoms with E-state index >= 15 is 0 Å². The van der Waals surface area contributed by atoms with Crippen LogP contribution in [0.25, 0.3) is 0 Å². The van der Waals surface area contributed by atoms with Crippen LogP contribution < -0.4 is 5.73 Å². The van der Waals surface area contributed by atoms with Gasteiger partial charge in [-0.15, -0.1) is 0 Å². The highest BCUT2D eigenvalue weighted by Crippen LogP contribution is 2.38. The van der Waals surface area contributed by atoms with Gasteiger partial charge in [-0.25, -0.2) is 0 Å². The summed E-state index contributed by atoms with van der Waals surface area (Å²) in [6.45, 7) is 4.39. The minimum Gasteiger partial charge on any atom is -0.398 e. The fourth-order valence-corrected chi connectivity index (χ4v) is 2.30. The molecule has 0 amide bonds. The maximum absolute atomic E-state index is 5.93. The van der Waals surface area contributed by atoms with Gasteiger partial charge in [0, 0.05) is 23.8 Å². The van der Waals surface area contributed by atoms with Gasteiger partial charge in [0.05, 0.1) is 0 Å². The Morgan fingerprint density at radius 2 is 2.19 bits per heavy atom. The predicted octanol–water partition coefficient (Wildman–Crippen LogP) is 3.01. The molecule has 2 unspecified atom stereocenters. The zero-order chi connectivity index (χ0) is 11.7. The Balaban J connectivity index is 1.92. The fraction of sp³-hybridized carbons (Fsp3) is 0.538. The molecule has 2 atom stereocenters. The molecule has 1 saturated carbocycles. The molecule has 2 N–H and O–H groups in total. The molecule has 1 fully saturated rings. The predicted molar refractivity (Wildman–Crippen MR) is 69.5 cm³/mol. The van der Waals surface area contributed by atoms with Crippen LogP contribution in [0.5, 0.6) is 0 Å². The van der Waals surface area contributed by atoms with Gasteiger partial charge in [-0.1, -0.05) is 24.6 Å². The van der Waals surface area contributed by atoms with Gasteiger partial charge >= 0.3 is 0 Å². The first-order valence-electron chi connectivity index (χ1n) is 5.78. The average molecular weight is 239 g/mol. The molecule has 0 radical (unpaired) electrons. The van der Waals surface area contributed by atoms with Crippen LogP contribution in [0.2, 0.25) is 5.02 Å². The Labute approximate surface area is 102 Å². The summed E-state index contributed by atoms with van der Waals surface area (Å²) in [5, 5.41) is 0.708. The topological polar surface area (TPSA) is 29.3 Å². The molecule has 0 heterocycles. The molecule has 2 nitrogen and oxygen atoms in total. The molecule has 0 spiro atoms. The molecule has 1 aliphatic carbocycles. The van der Waals surface area contributed by atoms with Crippen molar-refractivity contribution >= 4 is 17.3 Å². The molecule has 0 saturated heterocycles. The molecule has 1 aromatic rings. The summed E-state index contributed by atoms with van der Waals surface area (Å²) in [5.74, 6) is 1.79. The molecule has 0 bridgehead atoms. The number of anilines is 1. The summed E-state index contributed by atoms with van der Waals surface area (Å²) in [4.78, 5) is 2.34. The first-order valence-corrected chi connectivity index (χ1v) is 6.16. The maximum atomic E-state index is 5.93. The highest BCUT2D eigenvalue weighted by atomic mass is 35.5. The molecule has 1 aliphatic rings. The van der Waals surface area contributed by atoms with Crippen molar-refractivity contribution in [1.29, 1.82) is 0 Å². The lowest BCUT2D eigenvalue weighted by molar-refractivity contribution is 0.308. The standard InChI is InChI=1S/C13H19ClN2/c1-9-5-11(9)8-16(2)7-10-3-4-12(14)6-13(10)15/h3-4,6,9,11H,5,7-8,15H2,1-2H3. The van der Waals surface area contributed by atoms with Crippen LogP contribution >= 0.6 is 11.6 Å². The molecule has 2 rings (SSSR count). The van der Waals surface area contributed by atoms with E-state index in [1.165, 1.54) is 18.5 Å². The SMILES string of the molecule is CC1CC1CN(C)Cc1ccc(Cl)cc1N. The van der Waals surface area contributed by atoms with Crippen molar-refractivity contribution in [3.05, 3.63) is 28.8 Å². The molecule has 88 valence electrons. The average Bonchev–Trinajstić information content (AvgIpc) is 2.86. The fourth-order valence-electron chi connectivity index (χ4n) is 2.12. The number of nitrogens with zero attached hydrogens (tertiary/aromatic N) is 1. The molecule has 3 heteroatoms. The van der Waals surface area contributed by atoms with Crippen molar-refractivity contribution in [3.8, 4) is 0 Å². The Bertz CT molecular complexity index is 378. The van der Waals surface area contributed by atoms with Crippen LogP contribution in [-0.2, 0) is 6.54 Å². The third kappa shape index (κ3) is 2.89. The van der Waals surface area contributed by atoms with Gasteiger partial charge in [-0.2, -0.15) is 0 Å². The number of nitrogens with two attached hydrogens (primary N) is 1. The van der Waals surface area contributed by atoms with E-state index in [1.54, 1.807) is 0 Å². The Morgan fingerprint density at radius 1 is 1.50 bits per heavy atom. The third-order valence-corrected chi connectivity index (χ3v) is 3.61. The van der Waals surface area contributed by atoms with Gasteiger partial charge in [0.25, 0.3) is 0 Å². The van der Waals surface area contributed by atoms with E-state index in [0.29, 0.717) is 5.02 Å². The van der Waals surface area contributed by atoms with Crippen LogP contribution in [0.15, 0.2) is 18.2 Å². The normalized spacial score (nSPS) is 23.8. The highest BCUT2D eigenvalue weighted by molar-refractivity contribution is 6.30. The van der Waals surface area contributed by atoms with Gasteiger partial charge in [0.1, 0.15) is 0 Å². The van der Waals surface area contributed by atoms with Crippen LogP contribution in [0.3, 0.4) is 0 Å². The molecule has 16 heavy (non-hydrogen) atoms. The number of hydrogen-bond acceptors (Lipinski definition) is 2. The smallest absolute Gasteiger partial charge is 0.0426 e. The van der Waals surface area contributed by atoms with Gasteiger partial charge in [-0.05, 0) is 43.0 Å². The van der Waals surface area contributed by atoms with E-state index in [1.807, 2.05) is 18.2 Å². The van der Waals surface area contributed by atoms with Gasteiger partial charge in [-0.3, -0.25) is 0 Å². The first-order chi connectivity index (χ1) is 7.56. The van der Waals surface area contributed by atoms with Crippen LogP contribution in [0.1, 0.15) is 18.9 Å². The molecular formula is C13H19ClN2. The number of benzene rings is 1. The molecule has 0 aromatic heterocycles. The lowest BCUT2D eigenvalue weighted by Crippen LogP contribution is -2.21. The van der Waals surface area contributed by atoms with Crippen molar-refractivity contribution < 1.29 is 0 Å². The van der Waals surface area contributed by atoms with E-state index < -0.39 is 0 Å². The summed E-state index contributed by atoms with van der Waals surface area (Å²) < 4.78 is 0. The van der Waals surface area contributed by atoms with Crippen molar-refractivity contribution in [2.75, 3.05) is 19.3 Å². The van der Waals surface area contributed by atoms with Crippen LogP contribution in [0.4, 0.5) is 5.69 Å². The van der Waals surface area contributed by atoms with Crippen LogP contribution in [0, 0.1) is 11.8 Å². The minimum absolute atomic E-state index is 0.708. The van der Waals surface area contributed by atoms with Crippen LogP contribution in [-0.4, -0.2) is 18.5 Å². The first kappa shape index (κ1) is 11.7. The van der Waals surface area contributed by atoms with E-state index in [9.17, 15) is 0 Å². The monoisotopic (exact) mass is 238 g/mol. The highest BCUT2D eigenvalue weighted by Gasteiger charge is 2.32. The second kappa shape index (κ2) is 4.64. The van der Waals surface area contributed by atoms with Gasteiger partial charge in [0.2, 0.25) is 0 Å². The summed E-state index contributed by atoms with van der Waals surface area (Å²) in [5.41, 5.74) is 7.89. The van der Waals surface area contributed by atoms with Crippen molar-refractivity contribution in [2.45, 2.75) is 19.9 Å². The summed E-state index contributed by atoms with van der Waals surface area (Å²) >= 11 is 5.87. The van der Waals surface area contributed by atoms with Crippen molar-refractivity contribution in [2.24, 2.45) is 11.8 Å². The quantitative estimate of drug-likeness (QED) is 0.818. The lowest BCUT2D eigenvalue weighted by Gasteiger charge is -2.17. The van der Waals surface area contributed by atoms with E-state index in [2.05, 4.69) is 18.9 Å². The number of halogens is 1. The van der Waals surface area contributed by atoms with E-state index in [0.717, 1.165) is 24.1 Å². The summed E-state index contributed by atoms with van der Waals surface area (Å²) in [6, 6.07) is 5.75. The second-order valence-corrected chi connectivity index (χ2v) is 5.45. The molecular weight excluding hydrogens is 220 g/mol. The number of rotatable bonds is 4. The van der Waals surface area contributed by atoms with Gasteiger partial charge in [0.15, 0.2) is 0 Å². The Morgan fingerprint density at radius 3 is 2.75 bits per heavy atom. The van der Waals surface area contributed by atoms with Gasteiger partial charge < -0.3 is 10.6 Å². The van der Waals surface area contributed by atoms with E-state index in [4.69, 9.17) is 17.3 Å². The Hall–Kier alpha value is -0.730. The summed E-state index contributed by atoms with van der Waals surface area (Å²) in [6.07, 6.45) is 1.38. The maximum Gasteiger partial charge on any atom is 0.0426 e. The Kier molecular flexibility index (Phi) is 3.41. The largest absolute Gasteiger partial charge is 0.398 e.